The van der Waals surface area contributed by atoms with Crippen molar-refractivity contribution in [1.29, 1.82) is 0 Å². The van der Waals surface area contributed by atoms with E-state index in [-0.39, 0.29) is 17.9 Å². The number of para-hydroxylation sites is 1. The number of aromatic nitrogens is 1. The van der Waals surface area contributed by atoms with Gasteiger partial charge in [-0.15, -0.1) is 0 Å². The summed E-state index contributed by atoms with van der Waals surface area (Å²) < 4.78 is 5.46. The molecular formula is C25H24Cl2N2O2. The number of nitrogens with one attached hydrogen (secondary N) is 1. The number of H-pyrrole nitrogens is 1. The van der Waals surface area contributed by atoms with E-state index >= 15 is 0 Å². The van der Waals surface area contributed by atoms with Crippen molar-refractivity contribution in [2.24, 2.45) is 0 Å². The number of benzene rings is 2. The van der Waals surface area contributed by atoms with Crippen molar-refractivity contribution >= 4 is 40.1 Å². The molecule has 0 unspecified atom stereocenters. The van der Waals surface area contributed by atoms with Gasteiger partial charge in [0.15, 0.2) is 0 Å². The van der Waals surface area contributed by atoms with Crippen LogP contribution in [0.2, 0.25) is 10.0 Å². The van der Waals surface area contributed by atoms with E-state index in [2.05, 4.69) is 34.1 Å². The summed E-state index contributed by atoms with van der Waals surface area (Å²) in [7, 11) is 0. The van der Waals surface area contributed by atoms with Crippen LogP contribution >= 0.6 is 23.2 Å². The fourth-order valence-corrected chi connectivity index (χ4v) is 5.82. The molecule has 6 heteroatoms. The second-order valence-corrected chi connectivity index (χ2v) is 9.04. The van der Waals surface area contributed by atoms with E-state index in [4.69, 9.17) is 27.9 Å². The maximum absolute atomic E-state index is 13.0. The minimum absolute atomic E-state index is 0.145. The summed E-state index contributed by atoms with van der Waals surface area (Å²) in [5.41, 5.74) is 6.36. The van der Waals surface area contributed by atoms with Crippen LogP contribution in [0.1, 0.15) is 49.0 Å². The Hall–Kier alpha value is -2.43. The number of carbonyl (C=O) groups is 1. The lowest BCUT2D eigenvalue weighted by Gasteiger charge is -2.45. The van der Waals surface area contributed by atoms with Gasteiger partial charge in [-0.05, 0) is 56.0 Å². The van der Waals surface area contributed by atoms with Crippen molar-refractivity contribution in [3.05, 3.63) is 80.6 Å². The SMILES string of the molecule is CCOC(=O)C1=C(C)N2CCc3c([nH]c4ccccc34)[C@@H]2C[C@H]1c1ccc(Cl)cc1Cl. The molecule has 0 fully saturated rings. The Morgan fingerprint density at radius 1 is 1.23 bits per heavy atom. The maximum atomic E-state index is 13.0. The third-order valence-electron chi connectivity index (χ3n) is 6.62. The highest BCUT2D eigenvalue weighted by molar-refractivity contribution is 6.35. The lowest BCUT2D eigenvalue weighted by atomic mass is 9.78. The first-order valence-corrected chi connectivity index (χ1v) is 11.4. The largest absolute Gasteiger partial charge is 0.463 e. The van der Waals surface area contributed by atoms with Crippen molar-refractivity contribution in [3.8, 4) is 0 Å². The summed E-state index contributed by atoms with van der Waals surface area (Å²) in [6.45, 7) is 5.08. The van der Waals surface area contributed by atoms with Gasteiger partial charge in [-0.25, -0.2) is 4.79 Å². The molecule has 2 aliphatic heterocycles. The molecular weight excluding hydrogens is 431 g/mol. The molecule has 3 heterocycles. The lowest BCUT2D eigenvalue weighted by Crippen LogP contribution is -2.40. The van der Waals surface area contributed by atoms with Crippen LogP contribution in [0.4, 0.5) is 0 Å². The molecule has 160 valence electrons. The quantitative estimate of drug-likeness (QED) is 0.465. The summed E-state index contributed by atoms with van der Waals surface area (Å²) >= 11 is 12.8. The Balaban J connectivity index is 1.67. The van der Waals surface area contributed by atoms with E-state index < -0.39 is 0 Å². The Morgan fingerprint density at radius 3 is 2.81 bits per heavy atom. The van der Waals surface area contributed by atoms with Crippen LogP contribution in [0.25, 0.3) is 10.9 Å². The Morgan fingerprint density at radius 2 is 2.03 bits per heavy atom. The van der Waals surface area contributed by atoms with Crippen LogP contribution in [0.3, 0.4) is 0 Å². The minimum Gasteiger partial charge on any atom is -0.463 e. The normalized spacial score (nSPS) is 20.6. The predicted octanol–water partition coefficient (Wildman–Crippen LogP) is 6.40. The first kappa shape index (κ1) is 20.5. The standard InChI is InChI=1S/C25H24Cl2N2O2/c1-3-31-25(30)23-14(2)29-11-10-18-17-6-4-5-7-21(17)28-24(18)22(29)13-19(23)16-9-8-15(26)12-20(16)27/h4-9,12,19,22,28H,3,10-11,13H2,1-2H3/t19-,22-/m0/s1. The van der Waals surface area contributed by atoms with Gasteiger partial charge in [0, 0.05) is 44.8 Å². The van der Waals surface area contributed by atoms with Crippen molar-refractivity contribution in [2.75, 3.05) is 13.2 Å². The highest BCUT2D eigenvalue weighted by Gasteiger charge is 2.42. The smallest absolute Gasteiger partial charge is 0.336 e. The zero-order chi connectivity index (χ0) is 21.7. The van der Waals surface area contributed by atoms with E-state index in [9.17, 15) is 4.79 Å². The number of fused-ring (bicyclic) bond motifs is 5. The third-order valence-corrected chi connectivity index (χ3v) is 7.18. The molecule has 0 aliphatic carbocycles. The highest BCUT2D eigenvalue weighted by Crippen LogP contribution is 2.49. The molecule has 3 aromatic rings. The number of hydrogen-bond acceptors (Lipinski definition) is 3. The molecule has 31 heavy (non-hydrogen) atoms. The molecule has 4 nitrogen and oxygen atoms in total. The molecule has 5 rings (SSSR count). The van der Waals surface area contributed by atoms with Gasteiger partial charge in [0.05, 0.1) is 18.2 Å². The number of nitrogens with zero attached hydrogens (tertiary/aromatic N) is 1. The highest BCUT2D eigenvalue weighted by atomic mass is 35.5. The fraction of sp³-hybridized carbons (Fsp3) is 0.320. The molecule has 1 N–H and O–H groups in total. The first-order valence-electron chi connectivity index (χ1n) is 10.7. The summed E-state index contributed by atoms with van der Waals surface area (Å²) in [4.78, 5) is 19.1. The number of rotatable bonds is 3. The molecule has 2 aliphatic rings. The van der Waals surface area contributed by atoms with Crippen molar-refractivity contribution in [1.82, 2.24) is 9.88 Å². The Bertz CT molecular complexity index is 1210. The van der Waals surface area contributed by atoms with Crippen molar-refractivity contribution in [2.45, 2.75) is 38.6 Å². The third kappa shape index (κ3) is 3.33. The monoisotopic (exact) mass is 454 g/mol. The van der Waals surface area contributed by atoms with Gasteiger partial charge >= 0.3 is 5.97 Å². The lowest BCUT2D eigenvalue weighted by molar-refractivity contribution is -0.139. The molecule has 0 saturated carbocycles. The summed E-state index contributed by atoms with van der Waals surface area (Å²) in [6.07, 6.45) is 1.68. The zero-order valence-corrected chi connectivity index (χ0v) is 19.1. The molecule has 0 bridgehead atoms. The van der Waals surface area contributed by atoms with Gasteiger partial charge in [0.1, 0.15) is 0 Å². The molecule has 0 radical (unpaired) electrons. The van der Waals surface area contributed by atoms with Crippen LogP contribution in [-0.2, 0) is 16.0 Å². The second-order valence-electron chi connectivity index (χ2n) is 8.20. The van der Waals surface area contributed by atoms with E-state index in [0.717, 1.165) is 36.2 Å². The Kier molecular flexibility index (Phi) is 5.23. The second kappa shape index (κ2) is 7.92. The van der Waals surface area contributed by atoms with E-state index in [1.807, 2.05) is 26.0 Å². The molecule has 2 aromatic carbocycles. The van der Waals surface area contributed by atoms with Crippen LogP contribution < -0.4 is 0 Å². The minimum atomic E-state index is -0.267. The van der Waals surface area contributed by atoms with E-state index in [1.54, 1.807) is 6.07 Å². The average Bonchev–Trinajstić information content (AvgIpc) is 3.13. The number of ether oxygens (including phenoxy) is 1. The van der Waals surface area contributed by atoms with Crippen LogP contribution in [-0.4, -0.2) is 29.0 Å². The van der Waals surface area contributed by atoms with Crippen LogP contribution in [0, 0.1) is 0 Å². The summed E-state index contributed by atoms with van der Waals surface area (Å²) in [5.74, 6) is -0.431. The molecule has 2 atom stereocenters. The van der Waals surface area contributed by atoms with Gasteiger partial charge in [-0.2, -0.15) is 0 Å². The van der Waals surface area contributed by atoms with Crippen molar-refractivity contribution < 1.29 is 9.53 Å². The predicted molar refractivity (Wildman–Crippen MR) is 125 cm³/mol. The van der Waals surface area contributed by atoms with Crippen LogP contribution in [0.15, 0.2) is 53.7 Å². The topological polar surface area (TPSA) is 45.3 Å². The van der Waals surface area contributed by atoms with Crippen molar-refractivity contribution in [3.63, 3.8) is 0 Å². The van der Waals surface area contributed by atoms with Gasteiger partial charge in [0.2, 0.25) is 0 Å². The molecule has 0 amide bonds. The molecule has 0 saturated heterocycles. The number of aromatic amines is 1. The van der Waals surface area contributed by atoms with E-state index in [0.29, 0.717) is 22.2 Å². The zero-order valence-electron chi connectivity index (χ0n) is 17.5. The van der Waals surface area contributed by atoms with Gasteiger partial charge in [0.25, 0.3) is 0 Å². The van der Waals surface area contributed by atoms with Gasteiger partial charge < -0.3 is 14.6 Å². The van der Waals surface area contributed by atoms with Gasteiger partial charge in [-0.1, -0.05) is 47.5 Å². The first-order chi connectivity index (χ1) is 15.0. The number of carbonyl (C=O) groups excluding carboxylic acids is 1. The van der Waals surface area contributed by atoms with Gasteiger partial charge in [-0.3, -0.25) is 0 Å². The average molecular weight is 455 g/mol. The number of halogens is 2. The number of hydrogen-bond donors (Lipinski definition) is 1. The fourth-order valence-electron chi connectivity index (χ4n) is 5.28. The van der Waals surface area contributed by atoms with Crippen LogP contribution in [0.5, 0.6) is 0 Å². The Labute approximate surface area is 191 Å². The number of allylic oxidation sites excluding steroid dienone is 1. The van der Waals surface area contributed by atoms with E-state index in [1.165, 1.54) is 16.6 Å². The summed E-state index contributed by atoms with van der Waals surface area (Å²) in [5, 5.41) is 2.45. The summed E-state index contributed by atoms with van der Waals surface area (Å²) in [6, 6.07) is 14.1. The number of esters is 1. The molecule has 0 spiro atoms. The maximum Gasteiger partial charge on any atom is 0.336 e. The molecule has 1 aromatic heterocycles.